The second kappa shape index (κ2) is 10.0. The number of nitrogens with one attached hydrogen (secondary N) is 1. The standard InChI is InChI=1S/C26H25FN6O2/c1-18-23(17-32-13-15-33(16-14-32)26-28-11-2-12-29-26)31-25(35-18)20-5-3-19(4-6-20)24(34)30-22-9-7-21(27)8-10-22/h2-12H,13-17H2,1H3,(H,30,34). The Morgan fingerprint density at radius 3 is 2.37 bits per heavy atom. The van der Waals surface area contributed by atoms with Crippen molar-refractivity contribution in [3.05, 3.63) is 89.8 Å². The lowest BCUT2D eigenvalue weighted by atomic mass is 10.1. The number of amides is 1. The summed E-state index contributed by atoms with van der Waals surface area (Å²) in [6.45, 7) is 6.11. The zero-order chi connectivity index (χ0) is 24.2. The Morgan fingerprint density at radius 1 is 1.00 bits per heavy atom. The molecule has 1 fully saturated rings. The molecule has 0 spiro atoms. The van der Waals surface area contributed by atoms with Crippen molar-refractivity contribution in [3.63, 3.8) is 0 Å². The van der Waals surface area contributed by atoms with E-state index >= 15 is 0 Å². The van der Waals surface area contributed by atoms with E-state index in [0.29, 0.717) is 23.7 Å². The number of aromatic nitrogens is 3. The predicted molar refractivity (Wildman–Crippen MR) is 131 cm³/mol. The minimum absolute atomic E-state index is 0.271. The van der Waals surface area contributed by atoms with E-state index in [0.717, 1.165) is 49.1 Å². The average molecular weight is 473 g/mol. The molecule has 178 valence electrons. The number of oxazole rings is 1. The Hall–Kier alpha value is -4.11. The lowest BCUT2D eigenvalue weighted by molar-refractivity contribution is 0.102. The molecule has 0 aliphatic carbocycles. The molecule has 1 aliphatic rings. The number of nitrogens with zero attached hydrogens (tertiary/aromatic N) is 5. The van der Waals surface area contributed by atoms with Gasteiger partial charge < -0.3 is 14.6 Å². The fourth-order valence-electron chi connectivity index (χ4n) is 3.97. The van der Waals surface area contributed by atoms with Crippen LogP contribution in [0.5, 0.6) is 0 Å². The van der Waals surface area contributed by atoms with Crippen molar-refractivity contribution in [3.8, 4) is 11.5 Å². The minimum Gasteiger partial charge on any atom is -0.441 e. The molecule has 0 bridgehead atoms. The molecule has 0 unspecified atom stereocenters. The quantitative estimate of drug-likeness (QED) is 0.451. The first-order valence-electron chi connectivity index (χ1n) is 11.4. The number of hydrogen-bond acceptors (Lipinski definition) is 7. The second-order valence-electron chi connectivity index (χ2n) is 8.37. The number of carbonyl (C=O) groups is 1. The molecule has 2 aromatic carbocycles. The van der Waals surface area contributed by atoms with E-state index in [-0.39, 0.29) is 11.7 Å². The van der Waals surface area contributed by atoms with Gasteiger partial charge in [0.05, 0.1) is 5.69 Å². The molecular formula is C26H25FN6O2. The smallest absolute Gasteiger partial charge is 0.255 e. The molecular weight excluding hydrogens is 447 g/mol. The van der Waals surface area contributed by atoms with E-state index in [1.54, 1.807) is 24.5 Å². The van der Waals surface area contributed by atoms with Crippen LogP contribution in [0.3, 0.4) is 0 Å². The first-order valence-corrected chi connectivity index (χ1v) is 11.4. The van der Waals surface area contributed by atoms with Crippen molar-refractivity contribution in [1.29, 1.82) is 0 Å². The summed E-state index contributed by atoms with van der Waals surface area (Å²) in [4.78, 5) is 30.4. The summed E-state index contributed by atoms with van der Waals surface area (Å²) in [6, 6.07) is 14.5. The van der Waals surface area contributed by atoms with Crippen LogP contribution in [0.4, 0.5) is 16.0 Å². The van der Waals surface area contributed by atoms with Gasteiger partial charge in [0.25, 0.3) is 5.91 Å². The highest BCUT2D eigenvalue weighted by Gasteiger charge is 2.21. The molecule has 1 amide bonds. The third kappa shape index (κ3) is 5.36. The predicted octanol–water partition coefficient (Wildman–Crippen LogP) is 4.15. The van der Waals surface area contributed by atoms with Crippen molar-refractivity contribution in [2.45, 2.75) is 13.5 Å². The number of aryl methyl sites for hydroxylation is 1. The van der Waals surface area contributed by atoms with Crippen LogP contribution in [0.15, 0.2) is 71.4 Å². The fourth-order valence-corrected chi connectivity index (χ4v) is 3.97. The van der Waals surface area contributed by atoms with E-state index in [2.05, 4.69) is 25.1 Å². The van der Waals surface area contributed by atoms with Gasteiger partial charge >= 0.3 is 0 Å². The Labute approximate surface area is 202 Å². The van der Waals surface area contributed by atoms with Crippen molar-refractivity contribution in [2.24, 2.45) is 0 Å². The van der Waals surface area contributed by atoms with Crippen LogP contribution in [0.25, 0.3) is 11.5 Å². The number of anilines is 2. The number of halogens is 1. The van der Waals surface area contributed by atoms with Gasteiger partial charge in [0, 0.05) is 61.9 Å². The van der Waals surface area contributed by atoms with Crippen LogP contribution in [0, 0.1) is 12.7 Å². The number of benzene rings is 2. The van der Waals surface area contributed by atoms with Gasteiger partial charge in [-0.1, -0.05) is 0 Å². The SMILES string of the molecule is Cc1oc(-c2ccc(C(=O)Nc3ccc(F)cc3)cc2)nc1CN1CCN(c2ncccn2)CC1. The van der Waals surface area contributed by atoms with Crippen molar-refractivity contribution in [2.75, 3.05) is 36.4 Å². The zero-order valence-electron chi connectivity index (χ0n) is 19.3. The highest BCUT2D eigenvalue weighted by atomic mass is 19.1. The average Bonchev–Trinajstić information content (AvgIpc) is 3.26. The van der Waals surface area contributed by atoms with Crippen LogP contribution in [0.1, 0.15) is 21.8 Å². The van der Waals surface area contributed by atoms with Crippen molar-refractivity contribution < 1.29 is 13.6 Å². The molecule has 5 rings (SSSR count). The summed E-state index contributed by atoms with van der Waals surface area (Å²) >= 11 is 0. The molecule has 1 N–H and O–H groups in total. The van der Waals surface area contributed by atoms with Crippen LogP contribution in [-0.2, 0) is 6.54 Å². The van der Waals surface area contributed by atoms with Gasteiger partial charge in [0.15, 0.2) is 0 Å². The van der Waals surface area contributed by atoms with E-state index in [1.807, 2.05) is 25.1 Å². The molecule has 0 atom stereocenters. The van der Waals surface area contributed by atoms with Crippen LogP contribution in [-0.4, -0.2) is 51.9 Å². The summed E-state index contributed by atoms with van der Waals surface area (Å²) in [5.74, 6) is 1.46. The van der Waals surface area contributed by atoms with Crippen LogP contribution in [0.2, 0.25) is 0 Å². The minimum atomic E-state index is -0.350. The molecule has 8 nitrogen and oxygen atoms in total. The maximum absolute atomic E-state index is 13.1. The summed E-state index contributed by atoms with van der Waals surface area (Å²) in [6.07, 6.45) is 3.53. The van der Waals surface area contributed by atoms with Gasteiger partial charge in [-0.2, -0.15) is 0 Å². The Bertz CT molecular complexity index is 1280. The van der Waals surface area contributed by atoms with Crippen molar-refractivity contribution >= 4 is 17.5 Å². The van der Waals surface area contributed by atoms with E-state index < -0.39 is 0 Å². The third-order valence-corrected chi connectivity index (χ3v) is 5.97. The molecule has 3 heterocycles. The molecule has 0 radical (unpaired) electrons. The first kappa shape index (κ1) is 22.7. The molecule has 0 saturated carbocycles. The fraction of sp³-hybridized carbons (Fsp3) is 0.231. The molecule has 35 heavy (non-hydrogen) atoms. The zero-order valence-corrected chi connectivity index (χ0v) is 19.3. The normalized spacial score (nSPS) is 14.2. The first-order chi connectivity index (χ1) is 17.0. The van der Waals surface area contributed by atoms with E-state index in [4.69, 9.17) is 9.40 Å². The van der Waals surface area contributed by atoms with E-state index in [1.165, 1.54) is 24.3 Å². The number of piperazine rings is 1. The van der Waals surface area contributed by atoms with Gasteiger partial charge in [-0.05, 0) is 61.5 Å². The van der Waals surface area contributed by atoms with Gasteiger partial charge in [-0.15, -0.1) is 0 Å². The van der Waals surface area contributed by atoms with Gasteiger partial charge in [-0.3, -0.25) is 9.69 Å². The molecule has 9 heteroatoms. The maximum Gasteiger partial charge on any atom is 0.255 e. The van der Waals surface area contributed by atoms with Gasteiger partial charge in [0.1, 0.15) is 11.6 Å². The summed E-state index contributed by atoms with van der Waals surface area (Å²) in [7, 11) is 0. The highest BCUT2D eigenvalue weighted by Crippen LogP contribution is 2.24. The number of carbonyl (C=O) groups excluding carboxylic acids is 1. The Kier molecular flexibility index (Phi) is 6.49. The third-order valence-electron chi connectivity index (χ3n) is 5.97. The summed E-state index contributed by atoms with van der Waals surface area (Å²) in [5, 5.41) is 2.76. The van der Waals surface area contributed by atoms with Crippen LogP contribution >= 0.6 is 0 Å². The largest absolute Gasteiger partial charge is 0.441 e. The monoisotopic (exact) mass is 472 g/mol. The summed E-state index contributed by atoms with van der Waals surface area (Å²) in [5.41, 5.74) is 2.72. The highest BCUT2D eigenvalue weighted by molar-refractivity contribution is 6.04. The molecule has 2 aromatic heterocycles. The summed E-state index contributed by atoms with van der Waals surface area (Å²) < 4.78 is 19.0. The van der Waals surface area contributed by atoms with E-state index in [9.17, 15) is 9.18 Å². The van der Waals surface area contributed by atoms with Gasteiger partial charge in [-0.25, -0.2) is 19.3 Å². The molecule has 4 aromatic rings. The molecule has 1 saturated heterocycles. The van der Waals surface area contributed by atoms with Crippen LogP contribution < -0.4 is 10.2 Å². The number of hydrogen-bond donors (Lipinski definition) is 1. The van der Waals surface area contributed by atoms with Crippen molar-refractivity contribution in [1.82, 2.24) is 19.9 Å². The second-order valence-corrected chi connectivity index (χ2v) is 8.37. The molecule has 1 aliphatic heterocycles. The maximum atomic E-state index is 13.1. The number of rotatable bonds is 6. The van der Waals surface area contributed by atoms with Gasteiger partial charge in [0.2, 0.25) is 11.8 Å². The topological polar surface area (TPSA) is 87.4 Å². The lowest BCUT2D eigenvalue weighted by Crippen LogP contribution is -2.46. The lowest BCUT2D eigenvalue weighted by Gasteiger charge is -2.34. The Balaban J connectivity index is 1.20. The Morgan fingerprint density at radius 2 is 1.69 bits per heavy atom.